The van der Waals surface area contributed by atoms with Crippen LogP contribution in [0, 0.1) is 0 Å². The molecule has 0 aromatic carbocycles. The number of hydrogen-bond donors (Lipinski definition) is 3. The Bertz CT molecular complexity index is 592. The van der Waals surface area contributed by atoms with Gasteiger partial charge in [-0.15, -0.1) is 11.3 Å². The third kappa shape index (κ3) is 2.91. The number of nitrogens with two attached hydrogens (primary N) is 1. The first-order valence-electron chi connectivity index (χ1n) is 5.74. The summed E-state index contributed by atoms with van der Waals surface area (Å²) in [4.78, 5) is 15.0. The quantitative estimate of drug-likeness (QED) is 0.762. The molecule has 0 amide bonds. The minimum absolute atomic E-state index is 0.349. The maximum Gasteiger partial charge on any atom is 0.326 e. The van der Waals surface area contributed by atoms with E-state index in [1.54, 1.807) is 10.1 Å². The van der Waals surface area contributed by atoms with Crippen molar-refractivity contribution in [3.8, 4) is 0 Å². The van der Waals surface area contributed by atoms with Gasteiger partial charge in [0.1, 0.15) is 6.04 Å². The van der Waals surface area contributed by atoms with Crippen molar-refractivity contribution in [1.29, 1.82) is 0 Å². The topological polar surface area (TPSA) is 106 Å². The molecule has 4 N–H and O–H groups in total. The summed E-state index contributed by atoms with van der Waals surface area (Å²) in [5.41, 5.74) is 7.66. The molecule has 0 aliphatic rings. The monoisotopic (exact) mass is 281 g/mol. The standard InChI is InChI=1S/C11H15N5O2S/c1-3-6-7(4-16(2)15-6)13-11-14-8(5-19-11)9(12)10(17)18/h4-5,9H,3,12H2,1-2H3,(H,13,14)(H,17,18). The Morgan fingerprint density at radius 2 is 2.42 bits per heavy atom. The first-order valence-corrected chi connectivity index (χ1v) is 6.62. The van der Waals surface area contributed by atoms with E-state index >= 15 is 0 Å². The number of aromatic nitrogens is 3. The Balaban J connectivity index is 2.17. The minimum atomic E-state index is -1.09. The Morgan fingerprint density at radius 3 is 3.05 bits per heavy atom. The summed E-state index contributed by atoms with van der Waals surface area (Å²) in [6.07, 6.45) is 2.66. The van der Waals surface area contributed by atoms with Crippen LogP contribution in [0.15, 0.2) is 11.6 Å². The van der Waals surface area contributed by atoms with Crippen molar-refractivity contribution in [2.24, 2.45) is 12.8 Å². The zero-order chi connectivity index (χ0) is 14.0. The highest BCUT2D eigenvalue weighted by atomic mass is 32.1. The molecule has 1 unspecified atom stereocenters. The first-order chi connectivity index (χ1) is 9.01. The predicted molar refractivity (Wildman–Crippen MR) is 72.5 cm³/mol. The molecule has 0 saturated carbocycles. The highest BCUT2D eigenvalue weighted by Gasteiger charge is 2.18. The predicted octanol–water partition coefficient (Wildman–Crippen LogP) is 1.27. The van der Waals surface area contributed by atoms with Crippen molar-refractivity contribution in [3.05, 3.63) is 23.0 Å². The van der Waals surface area contributed by atoms with Gasteiger partial charge >= 0.3 is 5.97 Å². The largest absolute Gasteiger partial charge is 0.480 e. The average molecular weight is 281 g/mol. The van der Waals surface area contributed by atoms with Gasteiger partial charge in [-0.1, -0.05) is 6.92 Å². The van der Waals surface area contributed by atoms with Gasteiger partial charge in [-0.2, -0.15) is 5.10 Å². The lowest BCUT2D eigenvalue weighted by molar-refractivity contribution is -0.138. The molecule has 0 fully saturated rings. The van der Waals surface area contributed by atoms with Crippen LogP contribution in [-0.2, 0) is 18.3 Å². The average Bonchev–Trinajstić information content (AvgIpc) is 2.95. The molecule has 7 nitrogen and oxygen atoms in total. The van der Waals surface area contributed by atoms with Crippen LogP contribution < -0.4 is 11.1 Å². The number of thiazole rings is 1. The number of carbonyl (C=O) groups is 1. The van der Waals surface area contributed by atoms with E-state index < -0.39 is 12.0 Å². The second kappa shape index (κ2) is 5.37. The third-order valence-corrected chi connectivity index (χ3v) is 3.36. The fraction of sp³-hybridized carbons (Fsp3) is 0.364. The Morgan fingerprint density at radius 1 is 1.68 bits per heavy atom. The molecule has 0 aliphatic carbocycles. The summed E-state index contributed by atoms with van der Waals surface area (Å²) in [6, 6.07) is -1.09. The number of rotatable bonds is 5. The molecule has 0 bridgehead atoms. The smallest absolute Gasteiger partial charge is 0.326 e. The van der Waals surface area contributed by atoms with Gasteiger partial charge in [0.05, 0.1) is 17.1 Å². The molecule has 0 spiro atoms. The molecule has 2 heterocycles. The molecule has 1 atom stereocenters. The van der Waals surface area contributed by atoms with Gasteiger partial charge in [0, 0.05) is 18.6 Å². The van der Waals surface area contributed by atoms with E-state index in [4.69, 9.17) is 10.8 Å². The molecular formula is C11H15N5O2S. The van der Waals surface area contributed by atoms with E-state index in [1.165, 1.54) is 11.3 Å². The zero-order valence-electron chi connectivity index (χ0n) is 10.6. The number of nitrogens with one attached hydrogen (secondary N) is 1. The van der Waals surface area contributed by atoms with E-state index in [1.807, 2.05) is 20.2 Å². The van der Waals surface area contributed by atoms with Gasteiger partial charge in [0.2, 0.25) is 0 Å². The lowest BCUT2D eigenvalue weighted by atomic mass is 10.2. The Hall–Kier alpha value is -1.93. The van der Waals surface area contributed by atoms with Crippen molar-refractivity contribution in [3.63, 3.8) is 0 Å². The van der Waals surface area contributed by atoms with E-state index in [2.05, 4.69) is 15.4 Å². The summed E-state index contributed by atoms with van der Waals surface area (Å²) in [6.45, 7) is 2.02. The Labute approximate surface area is 114 Å². The number of anilines is 2. The van der Waals surface area contributed by atoms with E-state index in [-0.39, 0.29) is 0 Å². The highest BCUT2D eigenvalue weighted by molar-refractivity contribution is 7.13. The molecule has 0 saturated heterocycles. The van der Waals surface area contributed by atoms with Gasteiger partial charge < -0.3 is 16.2 Å². The van der Waals surface area contributed by atoms with Gasteiger partial charge in [-0.05, 0) is 6.42 Å². The fourth-order valence-corrected chi connectivity index (χ4v) is 2.39. The zero-order valence-corrected chi connectivity index (χ0v) is 11.4. The van der Waals surface area contributed by atoms with Crippen molar-refractivity contribution >= 4 is 28.1 Å². The van der Waals surface area contributed by atoms with Gasteiger partial charge in [0.15, 0.2) is 5.13 Å². The summed E-state index contributed by atoms with van der Waals surface area (Å²) in [5, 5.41) is 18.5. The summed E-state index contributed by atoms with van der Waals surface area (Å²) in [7, 11) is 1.85. The molecule has 2 rings (SSSR count). The molecule has 19 heavy (non-hydrogen) atoms. The van der Waals surface area contributed by atoms with Crippen LogP contribution in [-0.4, -0.2) is 25.8 Å². The van der Waals surface area contributed by atoms with Crippen LogP contribution in [0.4, 0.5) is 10.8 Å². The molecule has 8 heteroatoms. The van der Waals surface area contributed by atoms with Gasteiger partial charge in [-0.3, -0.25) is 9.48 Å². The van der Waals surface area contributed by atoms with Crippen LogP contribution in [0.25, 0.3) is 0 Å². The van der Waals surface area contributed by atoms with E-state index in [0.717, 1.165) is 17.8 Å². The second-order valence-corrected chi connectivity index (χ2v) is 4.89. The van der Waals surface area contributed by atoms with E-state index in [9.17, 15) is 4.79 Å². The Kier molecular flexibility index (Phi) is 3.82. The number of carboxylic acid groups (broad SMARTS) is 1. The number of nitrogens with zero attached hydrogens (tertiary/aromatic N) is 3. The molecule has 2 aromatic rings. The van der Waals surface area contributed by atoms with Crippen molar-refractivity contribution in [2.75, 3.05) is 5.32 Å². The fourth-order valence-electron chi connectivity index (χ4n) is 1.63. The normalized spacial score (nSPS) is 12.4. The molecule has 102 valence electrons. The van der Waals surface area contributed by atoms with Crippen LogP contribution in [0.1, 0.15) is 24.4 Å². The number of hydrogen-bond acceptors (Lipinski definition) is 6. The van der Waals surface area contributed by atoms with Crippen LogP contribution in [0.3, 0.4) is 0 Å². The van der Waals surface area contributed by atoms with Crippen LogP contribution in [0.2, 0.25) is 0 Å². The SMILES string of the molecule is CCc1nn(C)cc1Nc1nc(C(N)C(=O)O)cs1. The molecular weight excluding hydrogens is 266 g/mol. The van der Waals surface area contributed by atoms with Gasteiger partial charge in [0.25, 0.3) is 0 Å². The maximum absolute atomic E-state index is 10.8. The molecule has 0 aliphatic heterocycles. The highest BCUT2D eigenvalue weighted by Crippen LogP contribution is 2.25. The third-order valence-electron chi connectivity index (χ3n) is 2.59. The van der Waals surface area contributed by atoms with Crippen LogP contribution in [0.5, 0.6) is 0 Å². The number of carboxylic acids is 1. The van der Waals surface area contributed by atoms with E-state index in [0.29, 0.717) is 10.8 Å². The van der Waals surface area contributed by atoms with Crippen LogP contribution >= 0.6 is 11.3 Å². The number of aliphatic carboxylic acids is 1. The summed E-state index contributed by atoms with van der Waals surface area (Å²) >= 11 is 1.32. The lowest BCUT2D eigenvalue weighted by Crippen LogP contribution is -2.20. The molecule has 0 radical (unpaired) electrons. The summed E-state index contributed by atoms with van der Waals surface area (Å²) in [5.74, 6) is -1.09. The second-order valence-electron chi connectivity index (χ2n) is 4.04. The van der Waals surface area contributed by atoms with Crippen molar-refractivity contribution in [1.82, 2.24) is 14.8 Å². The number of aryl methyl sites for hydroxylation is 2. The summed E-state index contributed by atoms with van der Waals surface area (Å²) < 4.78 is 1.72. The molecule has 2 aromatic heterocycles. The lowest BCUT2D eigenvalue weighted by Gasteiger charge is -2.02. The van der Waals surface area contributed by atoms with Crippen molar-refractivity contribution in [2.45, 2.75) is 19.4 Å². The van der Waals surface area contributed by atoms with Crippen molar-refractivity contribution < 1.29 is 9.90 Å². The first kappa shape index (κ1) is 13.5. The minimum Gasteiger partial charge on any atom is -0.480 e. The maximum atomic E-state index is 10.8. The van der Waals surface area contributed by atoms with Gasteiger partial charge in [-0.25, -0.2) is 4.98 Å².